The molecule has 0 radical (unpaired) electrons. The van der Waals surface area contributed by atoms with E-state index < -0.39 is 11.4 Å². The fourth-order valence-electron chi connectivity index (χ4n) is 14.6. The van der Waals surface area contributed by atoms with Crippen molar-refractivity contribution in [2.45, 2.75) is 158 Å². The number of rotatable bonds is 5. The van der Waals surface area contributed by atoms with E-state index in [1.165, 1.54) is 44.9 Å². The molecule has 7 aliphatic rings. The van der Waals surface area contributed by atoms with E-state index in [9.17, 15) is 19.5 Å². The van der Waals surface area contributed by atoms with Crippen molar-refractivity contribution in [3.63, 3.8) is 0 Å². The number of fused-ring (bicyclic) bond motifs is 7. The lowest BCUT2D eigenvalue weighted by molar-refractivity contribution is -0.250. The predicted octanol–water partition coefficient (Wildman–Crippen LogP) is 8.42. The maximum absolute atomic E-state index is 14.7. The van der Waals surface area contributed by atoms with Crippen LogP contribution in [0.4, 0.5) is 0 Å². The van der Waals surface area contributed by atoms with Crippen molar-refractivity contribution < 1.29 is 24.2 Å². The number of nitrogens with one attached hydrogen (secondary N) is 1. The number of hydrogen-bond donors (Lipinski definition) is 2. The summed E-state index contributed by atoms with van der Waals surface area (Å²) in [6.45, 7) is 20.8. The van der Waals surface area contributed by atoms with E-state index >= 15 is 0 Å². The van der Waals surface area contributed by atoms with Gasteiger partial charge in [0.2, 0.25) is 5.91 Å². The largest absolute Gasteiger partial charge is 0.481 e. The van der Waals surface area contributed by atoms with Crippen molar-refractivity contribution in [3.8, 4) is 0 Å². The third-order valence-corrected chi connectivity index (χ3v) is 17.9. The molecule has 258 valence electrons. The molecule has 0 saturated heterocycles. The summed E-state index contributed by atoms with van der Waals surface area (Å²) in [6, 6.07) is -0.0612. The van der Waals surface area contributed by atoms with Crippen LogP contribution in [-0.2, 0) is 19.1 Å². The van der Waals surface area contributed by atoms with E-state index in [4.69, 9.17) is 4.74 Å². The van der Waals surface area contributed by atoms with Gasteiger partial charge in [0.15, 0.2) is 0 Å². The van der Waals surface area contributed by atoms with Crippen molar-refractivity contribution in [2.75, 3.05) is 0 Å². The number of aliphatic carboxylic acids is 1. The summed E-state index contributed by atoms with van der Waals surface area (Å²) in [5.41, 5.74) is 0.224. The van der Waals surface area contributed by atoms with E-state index in [0.29, 0.717) is 41.4 Å². The normalized spacial score (nSPS) is 50.8. The van der Waals surface area contributed by atoms with Crippen LogP contribution >= 0.6 is 0 Å². The second-order valence-corrected chi connectivity index (χ2v) is 20.1. The summed E-state index contributed by atoms with van der Waals surface area (Å²) in [5.74, 6) is 1.72. The highest BCUT2D eigenvalue weighted by atomic mass is 16.5. The summed E-state index contributed by atoms with van der Waals surface area (Å²) in [6.07, 6.45) is 14.3. The molecule has 0 aliphatic heterocycles. The van der Waals surface area contributed by atoms with E-state index in [0.717, 1.165) is 32.1 Å². The molecule has 0 heterocycles. The SMILES string of the molecule is CC(=O)O[C@H]1CC[C@]2(C)[C@H]3CC[C@@H]4[C@H]5[C@H](C6(C)CC6)CC[C@]5(C(=O)N[C@@H]5C[C@H](C(=O)O)C5(C)C)CC[C@@]4(C)[C@]3(C)CC[C@H]2C1(C)C. The van der Waals surface area contributed by atoms with Gasteiger partial charge in [0.1, 0.15) is 6.10 Å². The second-order valence-electron chi connectivity index (χ2n) is 20.1. The molecular weight excluding hydrogens is 574 g/mol. The minimum absolute atomic E-state index is 0.00174. The first kappa shape index (κ1) is 32.9. The molecule has 7 saturated carbocycles. The van der Waals surface area contributed by atoms with Gasteiger partial charge < -0.3 is 15.2 Å². The Bertz CT molecular complexity index is 1320. The second kappa shape index (κ2) is 9.99. The van der Waals surface area contributed by atoms with E-state index in [-0.39, 0.29) is 57.0 Å². The molecule has 7 fully saturated rings. The average molecular weight is 638 g/mol. The molecule has 7 aliphatic carbocycles. The Morgan fingerprint density at radius 1 is 0.696 bits per heavy atom. The molecule has 0 aromatic rings. The summed E-state index contributed by atoms with van der Waals surface area (Å²) < 4.78 is 5.96. The first-order valence-corrected chi connectivity index (χ1v) is 19.0. The molecule has 0 spiro atoms. The van der Waals surface area contributed by atoms with Crippen LogP contribution in [0.15, 0.2) is 0 Å². The molecule has 12 atom stereocenters. The summed E-state index contributed by atoms with van der Waals surface area (Å²) in [5, 5.41) is 13.3. The van der Waals surface area contributed by atoms with E-state index in [1.54, 1.807) is 6.92 Å². The predicted molar refractivity (Wildman–Crippen MR) is 179 cm³/mol. The molecule has 46 heavy (non-hydrogen) atoms. The van der Waals surface area contributed by atoms with Crippen molar-refractivity contribution in [1.82, 2.24) is 5.32 Å². The molecule has 0 aromatic carbocycles. The van der Waals surface area contributed by atoms with Crippen LogP contribution in [0.25, 0.3) is 0 Å². The Labute approximate surface area is 278 Å². The van der Waals surface area contributed by atoms with Crippen LogP contribution in [0.1, 0.15) is 146 Å². The Balaban J connectivity index is 1.20. The van der Waals surface area contributed by atoms with Crippen LogP contribution in [0.3, 0.4) is 0 Å². The maximum Gasteiger partial charge on any atom is 0.307 e. The summed E-state index contributed by atoms with van der Waals surface area (Å²) in [4.78, 5) is 38.7. The third kappa shape index (κ3) is 4.15. The lowest BCUT2D eigenvalue weighted by Gasteiger charge is -2.73. The van der Waals surface area contributed by atoms with Gasteiger partial charge in [0.25, 0.3) is 0 Å². The number of carboxylic acid groups (broad SMARTS) is 1. The minimum atomic E-state index is -0.737. The molecule has 6 nitrogen and oxygen atoms in total. The fourth-order valence-corrected chi connectivity index (χ4v) is 14.6. The van der Waals surface area contributed by atoms with Gasteiger partial charge in [0, 0.05) is 18.4 Å². The zero-order valence-corrected chi connectivity index (χ0v) is 30.4. The first-order valence-electron chi connectivity index (χ1n) is 19.0. The van der Waals surface area contributed by atoms with Crippen LogP contribution in [0.5, 0.6) is 0 Å². The summed E-state index contributed by atoms with van der Waals surface area (Å²) in [7, 11) is 0. The fraction of sp³-hybridized carbons (Fsp3) is 0.925. The van der Waals surface area contributed by atoms with Gasteiger partial charge >= 0.3 is 11.9 Å². The Kier molecular flexibility index (Phi) is 7.15. The van der Waals surface area contributed by atoms with Crippen molar-refractivity contribution >= 4 is 17.8 Å². The van der Waals surface area contributed by atoms with Gasteiger partial charge in [-0.05, 0) is 140 Å². The third-order valence-electron chi connectivity index (χ3n) is 17.9. The molecule has 2 N–H and O–H groups in total. The topological polar surface area (TPSA) is 92.7 Å². The molecule has 7 rings (SSSR count). The molecule has 0 aromatic heterocycles. The number of ether oxygens (including phenoxy) is 1. The molecule has 6 heteroatoms. The van der Waals surface area contributed by atoms with Crippen LogP contribution in [-0.4, -0.2) is 35.1 Å². The highest BCUT2D eigenvalue weighted by Crippen LogP contribution is 2.79. The van der Waals surface area contributed by atoms with Crippen molar-refractivity contribution in [1.29, 1.82) is 0 Å². The quantitative estimate of drug-likeness (QED) is 0.295. The van der Waals surface area contributed by atoms with E-state index in [2.05, 4.69) is 46.9 Å². The van der Waals surface area contributed by atoms with E-state index in [1.807, 2.05) is 13.8 Å². The summed E-state index contributed by atoms with van der Waals surface area (Å²) >= 11 is 0. The number of carboxylic acids is 1. The molecule has 1 amide bonds. The van der Waals surface area contributed by atoms with Crippen molar-refractivity contribution in [3.05, 3.63) is 0 Å². The maximum atomic E-state index is 14.7. The lowest BCUT2D eigenvalue weighted by Crippen LogP contribution is -2.68. The highest BCUT2D eigenvalue weighted by Gasteiger charge is 2.73. The standard InChI is InChI=1S/C40H63NO5/c1-23(42)46-30-14-15-37(7)27(35(30,4)5)13-16-39(9)28(37)11-10-25-31-24(36(6)18-19-36)12-17-40(31,21-20-38(25,39)8)33(45)41-29-22-26(32(43)44)34(29,2)3/h24-31H,10-22H2,1-9H3,(H,41,45)(H,43,44)/t24-,25-,26-,27+,28-,29-,30+,31-,37+,38-,39-,40+/m1/s1. The Hall–Kier alpha value is -1.59. The highest BCUT2D eigenvalue weighted by molar-refractivity contribution is 5.85. The van der Waals surface area contributed by atoms with Gasteiger partial charge in [-0.1, -0.05) is 55.4 Å². The number of esters is 1. The van der Waals surface area contributed by atoms with Gasteiger partial charge in [-0.3, -0.25) is 14.4 Å². The number of carbonyl (C=O) groups is 3. The van der Waals surface area contributed by atoms with Crippen LogP contribution < -0.4 is 5.32 Å². The average Bonchev–Trinajstić information content (AvgIpc) is 3.57. The molecular formula is C40H63NO5. The van der Waals surface area contributed by atoms with Gasteiger partial charge in [0.05, 0.1) is 11.3 Å². The minimum Gasteiger partial charge on any atom is -0.481 e. The Morgan fingerprint density at radius 3 is 2.00 bits per heavy atom. The van der Waals surface area contributed by atoms with Crippen LogP contribution in [0.2, 0.25) is 0 Å². The monoisotopic (exact) mass is 637 g/mol. The van der Waals surface area contributed by atoms with Gasteiger partial charge in [-0.15, -0.1) is 0 Å². The Morgan fingerprint density at radius 2 is 1.39 bits per heavy atom. The smallest absolute Gasteiger partial charge is 0.307 e. The zero-order valence-electron chi connectivity index (χ0n) is 30.4. The number of amides is 1. The van der Waals surface area contributed by atoms with Crippen LogP contribution in [0, 0.1) is 73.4 Å². The molecule has 0 bridgehead atoms. The van der Waals surface area contributed by atoms with Gasteiger partial charge in [-0.25, -0.2) is 0 Å². The lowest BCUT2D eigenvalue weighted by atomic mass is 9.32. The zero-order chi connectivity index (χ0) is 33.5. The van der Waals surface area contributed by atoms with Gasteiger partial charge in [-0.2, -0.15) is 0 Å². The van der Waals surface area contributed by atoms with Crippen molar-refractivity contribution in [2.24, 2.45) is 73.4 Å². The molecule has 0 unspecified atom stereocenters. The first-order chi connectivity index (χ1) is 21.3. The number of hydrogen-bond acceptors (Lipinski definition) is 4. The number of carbonyl (C=O) groups excluding carboxylic acids is 2.